The molecule has 0 spiro atoms. The zero-order valence-electron chi connectivity index (χ0n) is 19.5. The van der Waals surface area contributed by atoms with Crippen LogP contribution < -0.4 is 10.1 Å². The molecule has 8 heteroatoms. The van der Waals surface area contributed by atoms with Crippen LogP contribution in [0.3, 0.4) is 0 Å². The average Bonchev–Trinajstić information content (AvgIpc) is 2.87. The van der Waals surface area contributed by atoms with E-state index in [0.717, 1.165) is 17.0 Å². The van der Waals surface area contributed by atoms with Crippen molar-refractivity contribution in [1.29, 1.82) is 0 Å². The second-order valence-corrected chi connectivity index (χ2v) is 9.03. The maximum Gasteiger partial charge on any atom is 0.260 e. The fourth-order valence-electron chi connectivity index (χ4n) is 4.13. The van der Waals surface area contributed by atoms with Gasteiger partial charge in [0.25, 0.3) is 11.8 Å². The first-order valence-corrected chi connectivity index (χ1v) is 11.9. The van der Waals surface area contributed by atoms with Gasteiger partial charge in [-0.05, 0) is 73.9 Å². The number of benzene rings is 2. The third-order valence-corrected chi connectivity index (χ3v) is 6.34. The molecule has 1 aliphatic rings. The predicted octanol–water partition coefficient (Wildman–Crippen LogP) is 4.90. The summed E-state index contributed by atoms with van der Waals surface area (Å²) in [5.41, 5.74) is 2.94. The van der Waals surface area contributed by atoms with Crippen molar-refractivity contribution in [3.05, 3.63) is 94.0 Å². The van der Waals surface area contributed by atoms with Gasteiger partial charge < -0.3 is 15.0 Å². The summed E-state index contributed by atoms with van der Waals surface area (Å²) in [4.78, 5) is 32.1. The van der Waals surface area contributed by atoms with Gasteiger partial charge in [0.05, 0.1) is 11.3 Å². The number of amides is 2. The van der Waals surface area contributed by atoms with Gasteiger partial charge in [-0.25, -0.2) is 4.39 Å². The average molecular weight is 496 g/mol. The van der Waals surface area contributed by atoms with Crippen LogP contribution in [0.25, 0.3) is 0 Å². The van der Waals surface area contributed by atoms with Gasteiger partial charge in [0, 0.05) is 36.3 Å². The summed E-state index contributed by atoms with van der Waals surface area (Å²) in [6.45, 7) is 3.30. The van der Waals surface area contributed by atoms with Gasteiger partial charge in [0.15, 0.2) is 6.61 Å². The Morgan fingerprint density at radius 2 is 1.74 bits per heavy atom. The second kappa shape index (κ2) is 11.3. The fourth-order valence-corrected chi connectivity index (χ4v) is 4.26. The van der Waals surface area contributed by atoms with Gasteiger partial charge in [-0.3, -0.25) is 14.6 Å². The maximum atomic E-state index is 13.1. The Labute approximate surface area is 209 Å². The lowest BCUT2D eigenvalue weighted by molar-refractivity contribution is -0.134. The first-order valence-electron chi connectivity index (χ1n) is 11.6. The van der Waals surface area contributed by atoms with E-state index in [2.05, 4.69) is 10.3 Å². The third-order valence-electron chi connectivity index (χ3n) is 6.09. The fraction of sp³-hybridized carbons (Fsp3) is 0.296. The van der Waals surface area contributed by atoms with Gasteiger partial charge in [-0.1, -0.05) is 23.7 Å². The highest BCUT2D eigenvalue weighted by Crippen LogP contribution is 2.29. The van der Waals surface area contributed by atoms with Crippen molar-refractivity contribution in [3.63, 3.8) is 0 Å². The summed E-state index contributed by atoms with van der Waals surface area (Å²) in [5, 5.41) is 3.52. The number of aromatic nitrogens is 1. The molecule has 1 aromatic heterocycles. The Morgan fingerprint density at radius 3 is 2.43 bits per heavy atom. The number of nitrogens with one attached hydrogen (secondary N) is 1. The third kappa shape index (κ3) is 6.57. The molecule has 0 radical (unpaired) electrons. The Bertz CT molecular complexity index is 1180. The summed E-state index contributed by atoms with van der Waals surface area (Å²) < 4.78 is 18.7. The van der Waals surface area contributed by atoms with E-state index in [1.165, 1.54) is 12.1 Å². The molecule has 3 aromatic rings. The van der Waals surface area contributed by atoms with Gasteiger partial charge in [-0.15, -0.1) is 0 Å². The molecule has 4 rings (SSSR count). The molecule has 35 heavy (non-hydrogen) atoms. The highest BCUT2D eigenvalue weighted by Gasteiger charge is 2.28. The number of aryl methyl sites for hydroxylation is 1. The molecule has 2 heterocycles. The number of ether oxygens (including phenoxy) is 1. The summed E-state index contributed by atoms with van der Waals surface area (Å²) in [6, 6.07) is 16.6. The van der Waals surface area contributed by atoms with Crippen molar-refractivity contribution in [1.82, 2.24) is 15.2 Å². The maximum absolute atomic E-state index is 13.1. The molecule has 182 valence electrons. The number of pyridine rings is 1. The quantitative estimate of drug-likeness (QED) is 0.506. The van der Waals surface area contributed by atoms with Crippen LogP contribution >= 0.6 is 11.6 Å². The van der Waals surface area contributed by atoms with Crippen molar-refractivity contribution in [3.8, 4) is 5.75 Å². The van der Waals surface area contributed by atoms with E-state index in [9.17, 15) is 14.0 Å². The Kier molecular flexibility index (Phi) is 7.98. The van der Waals surface area contributed by atoms with Crippen molar-refractivity contribution in [2.45, 2.75) is 32.2 Å². The molecule has 0 unspecified atom stereocenters. The lowest BCUT2D eigenvalue weighted by atomic mass is 9.89. The van der Waals surface area contributed by atoms with Gasteiger partial charge in [0.2, 0.25) is 0 Å². The van der Waals surface area contributed by atoms with Crippen molar-refractivity contribution < 1.29 is 18.7 Å². The minimum atomic E-state index is -0.313. The van der Waals surface area contributed by atoms with E-state index in [1.54, 1.807) is 47.4 Å². The number of hydrogen-bond acceptors (Lipinski definition) is 4. The first-order chi connectivity index (χ1) is 16.9. The molecule has 0 atom stereocenters. The molecule has 0 bridgehead atoms. The van der Waals surface area contributed by atoms with Crippen LogP contribution in [0.15, 0.2) is 60.7 Å². The molecule has 2 amide bonds. The largest absolute Gasteiger partial charge is 0.484 e. The summed E-state index contributed by atoms with van der Waals surface area (Å²) in [6.07, 6.45) is 1.42. The number of carbonyl (C=O) groups is 2. The normalized spacial score (nSPS) is 14.0. The molecule has 1 saturated heterocycles. The van der Waals surface area contributed by atoms with Crippen LogP contribution in [-0.2, 0) is 11.3 Å². The Hall–Kier alpha value is -3.45. The minimum Gasteiger partial charge on any atom is -0.484 e. The lowest BCUT2D eigenvalue weighted by Crippen LogP contribution is -2.41. The number of carbonyl (C=O) groups excluding carboxylic acids is 2. The van der Waals surface area contributed by atoms with E-state index < -0.39 is 0 Å². The SMILES string of the molecule is Cc1ccc(C(=O)NCc2ccc(F)cc2)c(C2CCN(C(=O)COc3ccc(Cl)cc3)CC2)n1. The topological polar surface area (TPSA) is 71.5 Å². The zero-order valence-corrected chi connectivity index (χ0v) is 20.2. The van der Waals surface area contributed by atoms with Crippen LogP contribution in [0.2, 0.25) is 5.02 Å². The van der Waals surface area contributed by atoms with E-state index in [-0.39, 0.29) is 30.2 Å². The number of nitrogens with zero attached hydrogens (tertiary/aromatic N) is 2. The van der Waals surface area contributed by atoms with Gasteiger partial charge >= 0.3 is 0 Å². The molecule has 6 nitrogen and oxygen atoms in total. The highest BCUT2D eigenvalue weighted by molar-refractivity contribution is 6.30. The molecule has 0 saturated carbocycles. The van der Waals surface area contributed by atoms with Crippen molar-refractivity contribution >= 4 is 23.4 Å². The number of likely N-dealkylation sites (tertiary alicyclic amines) is 1. The minimum absolute atomic E-state index is 0.0357. The van der Waals surface area contributed by atoms with E-state index in [0.29, 0.717) is 48.8 Å². The molecule has 1 fully saturated rings. The van der Waals surface area contributed by atoms with Crippen LogP contribution in [-0.4, -0.2) is 41.4 Å². The molecule has 1 N–H and O–H groups in total. The Morgan fingerprint density at radius 1 is 1.06 bits per heavy atom. The van der Waals surface area contributed by atoms with Crippen LogP contribution in [0.5, 0.6) is 5.75 Å². The standard InChI is InChI=1S/C27H27ClFN3O3/c1-18-2-11-24(27(34)30-16-19-3-7-22(29)8-4-19)26(31-18)20-12-14-32(15-13-20)25(33)17-35-23-9-5-21(28)6-10-23/h2-11,20H,12-17H2,1H3,(H,30,34). The number of piperidine rings is 1. The number of halogens is 2. The molecular weight excluding hydrogens is 469 g/mol. The van der Waals surface area contributed by atoms with Crippen LogP contribution in [0, 0.1) is 12.7 Å². The molecule has 2 aromatic carbocycles. The first kappa shape index (κ1) is 24.7. The monoisotopic (exact) mass is 495 g/mol. The van der Waals surface area contributed by atoms with Crippen molar-refractivity contribution in [2.24, 2.45) is 0 Å². The smallest absolute Gasteiger partial charge is 0.260 e. The van der Waals surface area contributed by atoms with Crippen LogP contribution in [0.4, 0.5) is 4.39 Å². The summed E-state index contributed by atoms with van der Waals surface area (Å²) in [7, 11) is 0. The van der Waals surface area contributed by atoms with Gasteiger partial charge in [-0.2, -0.15) is 0 Å². The van der Waals surface area contributed by atoms with E-state index in [1.807, 2.05) is 13.0 Å². The zero-order chi connectivity index (χ0) is 24.8. The highest BCUT2D eigenvalue weighted by atomic mass is 35.5. The lowest BCUT2D eigenvalue weighted by Gasteiger charge is -2.32. The number of hydrogen-bond donors (Lipinski definition) is 1. The van der Waals surface area contributed by atoms with Gasteiger partial charge in [0.1, 0.15) is 11.6 Å². The van der Waals surface area contributed by atoms with E-state index >= 15 is 0 Å². The Balaban J connectivity index is 1.35. The molecule has 1 aliphatic heterocycles. The van der Waals surface area contributed by atoms with Crippen LogP contribution in [0.1, 0.15) is 46.1 Å². The molecule has 0 aliphatic carbocycles. The summed E-state index contributed by atoms with van der Waals surface area (Å²) >= 11 is 5.88. The predicted molar refractivity (Wildman–Crippen MR) is 132 cm³/mol. The summed E-state index contributed by atoms with van der Waals surface area (Å²) in [5.74, 6) is 0.0617. The second-order valence-electron chi connectivity index (χ2n) is 8.59. The number of rotatable bonds is 7. The van der Waals surface area contributed by atoms with Crippen molar-refractivity contribution in [2.75, 3.05) is 19.7 Å². The van der Waals surface area contributed by atoms with E-state index in [4.69, 9.17) is 16.3 Å². The molecular formula is C27H27ClFN3O3.